The molecule has 1 aliphatic rings. The number of halogens is 2. The molecule has 0 spiro atoms. The molecule has 0 amide bonds. The number of benzene rings is 1. The Bertz CT molecular complexity index is 458. The minimum atomic E-state index is -0.431. The summed E-state index contributed by atoms with van der Waals surface area (Å²) in [6, 6.07) is 2.93. The van der Waals surface area contributed by atoms with Gasteiger partial charge in [-0.1, -0.05) is 18.5 Å². The van der Waals surface area contributed by atoms with Crippen molar-refractivity contribution in [2.45, 2.75) is 19.8 Å². The topological polar surface area (TPSA) is 46.4 Å². The summed E-state index contributed by atoms with van der Waals surface area (Å²) in [5.41, 5.74) is 0.884. The highest BCUT2D eigenvalue weighted by molar-refractivity contribution is 9.10. The van der Waals surface area contributed by atoms with E-state index < -0.39 is 4.92 Å². The quantitative estimate of drug-likeness (QED) is 0.600. The van der Waals surface area contributed by atoms with Crippen LogP contribution in [0, 0.1) is 16.0 Å². The maximum atomic E-state index is 10.8. The molecule has 0 aliphatic carbocycles. The molecule has 1 aromatic carbocycles. The van der Waals surface area contributed by atoms with Gasteiger partial charge in [-0.15, -0.1) is 0 Å². The third kappa shape index (κ3) is 2.78. The monoisotopic (exact) mass is 332 g/mol. The van der Waals surface area contributed by atoms with E-state index in [9.17, 15) is 10.1 Å². The van der Waals surface area contributed by atoms with Crippen molar-refractivity contribution in [3.8, 4) is 0 Å². The van der Waals surface area contributed by atoms with E-state index >= 15 is 0 Å². The second-order valence-corrected chi connectivity index (χ2v) is 5.97. The van der Waals surface area contributed by atoms with E-state index in [2.05, 4.69) is 27.8 Å². The Labute approximate surface area is 119 Å². The van der Waals surface area contributed by atoms with Crippen LogP contribution in [0.4, 0.5) is 11.4 Å². The molecule has 1 saturated heterocycles. The molecule has 18 heavy (non-hydrogen) atoms. The zero-order chi connectivity index (χ0) is 13.3. The van der Waals surface area contributed by atoms with E-state index in [-0.39, 0.29) is 5.69 Å². The van der Waals surface area contributed by atoms with Gasteiger partial charge in [-0.05, 0) is 34.7 Å². The van der Waals surface area contributed by atoms with Gasteiger partial charge < -0.3 is 4.90 Å². The first-order valence-electron chi connectivity index (χ1n) is 5.87. The molecule has 0 bridgehead atoms. The third-order valence-corrected chi connectivity index (χ3v) is 4.08. The lowest BCUT2D eigenvalue weighted by atomic mass is 10.00. The third-order valence-electron chi connectivity index (χ3n) is 3.19. The van der Waals surface area contributed by atoms with Gasteiger partial charge >= 0.3 is 0 Å². The van der Waals surface area contributed by atoms with Gasteiger partial charge in [0.05, 0.1) is 15.6 Å². The Morgan fingerprint density at radius 3 is 2.83 bits per heavy atom. The summed E-state index contributed by atoms with van der Waals surface area (Å²) in [7, 11) is 0. The van der Waals surface area contributed by atoms with Crippen molar-refractivity contribution in [1.29, 1.82) is 0 Å². The first-order chi connectivity index (χ1) is 8.49. The average molecular weight is 334 g/mol. The van der Waals surface area contributed by atoms with Crippen LogP contribution in [0.5, 0.6) is 0 Å². The Morgan fingerprint density at radius 1 is 1.56 bits per heavy atom. The highest BCUT2D eigenvalue weighted by Gasteiger charge is 2.23. The smallest absolute Gasteiger partial charge is 0.272 e. The Kier molecular flexibility index (Phi) is 4.12. The summed E-state index contributed by atoms with van der Waals surface area (Å²) in [4.78, 5) is 12.5. The zero-order valence-corrected chi connectivity index (χ0v) is 12.4. The molecule has 0 N–H and O–H groups in total. The molecule has 1 aliphatic heterocycles. The summed E-state index contributed by atoms with van der Waals surface area (Å²) in [5.74, 6) is 0.622. The van der Waals surface area contributed by atoms with Crippen LogP contribution in [0.15, 0.2) is 16.6 Å². The van der Waals surface area contributed by atoms with Gasteiger partial charge in [0.1, 0.15) is 0 Å². The fourth-order valence-electron chi connectivity index (χ4n) is 2.35. The molecular formula is C12H14BrClN2O2. The standard InChI is InChI=1S/C12H14BrClN2O2/c1-8-3-2-4-15(7-8)12-10(13)5-9(16(17)18)6-11(12)14/h5-6,8H,2-4,7H2,1H3/t8-/m0/s1. The lowest BCUT2D eigenvalue weighted by Gasteiger charge is -2.33. The number of rotatable bonds is 2. The molecule has 0 saturated carbocycles. The van der Waals surface area contributed by atoms with E-state index in [1.807, 2.05) is 0 Å². The number of piperidine rings is 1. The van der Waals surface area contributed by atoms with E-state index in [1.54, 1.807) is 0 Å². The van der Waals surface area contributed by atoms with Crippen molar-refractivity contribution in [3.05, 3.63) is 31.7 Å². The first-order valence-corrected chi connectivity index (χ1v) is 7.04. The van der Waals surface area contributed by atoms with E-state index in [4.69, 9.17) is 11.6 Å². The van der Waals surface area contributed by atoms with Crippen LogP contribution >= 0.6 is 27.5 Å². The maximum absolute atomic E-state index is 10.8. The number of non-ortho nitro benzene ring substituents is 1. The minimum Gasteiger partial charge on any atom is -0.369 e. The van der Waals surface area contributed by atoms with Crippen LogP contribution in [0.25, 0.3) is 0 Å². The van der Waals surface area contributed by atoms with Crippen LogP contribution < -0.4 is 4.90 Å². The molecule has 4 nitrogen and oxygen atoms in total. The second-order valence-electron chi connectivity index (χ2n) is 4.71. The van der Waals surface area contributed by atoms with Gasteiger partial charge in [0.15, 0.2) is 0 Å². The molecule has 6 heteroatoms. The summed E-state index contributed by atoms with van der Waals surface area (Å²) in [5, 5.41) is 11.2. The van der Waals surface area contributed by atoms with Crippen molar-refractivity contribution in [2.75, 3.05) is 18.0 Å². The van der Waals surface area contributed by atoms with E-state index in [0.29, 0.717) is 15.4 Å². The summed E-state index contributed by atoms with van der Waals surface area (Å²) in [6.45, 7) is 4.09. The zero-order valence-electron chi connectivity index (χ0n) is 10.0. The normalized spacial score (nSPS) is 19.9. The molecule has 1 fully saturated rings. The number of anilines is 1. The second kappa shape index (κ2) is 5.45. The molecule has 2 rings (SSSR count). The molecule has 0 radical (unpaired) electrons. The molecule has 1 atom stereocenters. The highest BCUT2D eigenvalue weighted by atomic mass is 79.9. The SMILES string of the molecule is C[C@H]1CCCN(c2c(Cl)cc([N+](=O)[O-])cc2Br)C1. The molecule has 1 aromatic rings. The van der Waals surface area contributed by atoms with Crippen LogP contribution in [-0.4, -0.2) is 18.0 Å². The van der Waals surface area contributed by atoms with Gasteiger partial charge in [0.2, 0.25) is 0 Å². The van der Waals surface area contributed by atoms with Gasteiger partial charge in [-0.3, -0.25) is 10.1 Å². The average Bonchev–Trinajstić information content (AvgIpc) is 2.27. The first kappa shape index (κ1) is 13.6. The van der Waals surface area contributed by atoms with Crippen molar-refractivity contribution >= 4 is 38.9 Å². The Hall–Kier alpha value is -0.810. The molecule has 0 unspecified atom stereocenters. The fourth-order valence-corrected chi connectivity index (χ4v) is 3.50. The maximum Gasteiger partial charge on any atom is 0.272 e. The van der Waals surface area contributed by atoms with Crippen LogP contribution in [0.1, 0.15) is 19.8 Å². The van der Waals surface area contributed by atoms with Gasteiger partial charge in [-0.2, -0.15) is 0 Å². The number of nitrogens with zero attached hydrogens (tertiary/aromatic N) is 2. The van der Waals surface area contributed by atoms with E-state index in [1.165, 1.54) is 18.6 Å². The number of nitro benzene ring substituents is 1. The van der Waals surface area contributed by atoms with Crippen molar-refractivity contribution in [1.82, 2.24) is 0 Å². The molecule has 98 valence electrons. The lowest BCUT2D eigenvalue weighted by Crippen LogP contribution is -2.34. The lowest BCUT2D eigenvalue weighted by molar-refractivity contribution is -0.384. The number of nitro groups is 1. The molecule has 1 heterocycles. The Balaban J connectivity index is 2.36. The van der Waals surface area contributed by atoms with Crippen LogP contribution in [-0.2, 0) is 0 Å². The largest absolute Gasteiger partial charge is 0.369 e. The van der Waals surface area contributed by atoms with Gasteiger partial charge in [-0.25, -0.2) is 0 Å². The summed E-state index contributed by atoms with van der Waals surface area (Å²) >= 11 is 9.57. The minimum absolute atomic E-state index is 0.0145. The predicted molar refractivity (Wildman–Crippen MR) is 76.4 cm³/mol. The highest BCUT2D eigenvalue weighted by Crippen LogP contribution is 2.39. The fraction of sp³-hybridized carbons (Fsp3) is 0.500. The van der Waals surface area contributed by atoms with E-state index in [0.717, 1.165) is 25.2 Å². The predicted octanol–water partition coefficient (Wildman–Crippen LogP) is 4.25. The molecular weight excluding hydrogens is 320 g/mol. The van der Waals surface area contributed by atoms with Crippen molar-refractivity contribution < 1.29 is 4.92 Å². The summed E-state index contributed by atoms with van der Waals surface area (Å²) in [6.07, 6.45) is 2.35. The van der Waals surface area contributed by atoms with Crippen molar-refractivity contribution in [3.63, 3.8) is 0 Å². The van der Waals surface area contributed by atoms with Gasteiger partial charge in [0.25, 0.3) is 5.69 Å². The number of hydrogen-bond donors (Lipinski definition) is 0. The van der Waals surface area contributed by atoms with Crippen LogP contribution in [0.2, 0.25) is 5.02 Å². The van der Waals surface area contributed by atoms with Crippen molar-refractivity contribution in [2.24, 2.45) is 5.92 Å². The number of hydrogen-bond acceptors (Lipinski definition) is 3. The summed E-state index contributed by atoms with van der Waals surface area (Å²) < 4.78 is 0.691. The van der Waals surface area contributed by atoms with Gasteiger partial charge in [0, 0.05) is 29.7 Å². The Morgan fingerprint density at radius 2 is 2.28 bits per heavy atom. The van der Waals surface area contributed by atoms with Crippen LogP contribution in [0.3, 0.4) is 0 Å². The molecule has 0 aromatic heterocycles.